The van der Waals surface area contributed by atoms with Crippen LogP contribution in [0.15, 0.2) is 0 Å². The number of hydrogen-bond acceptors (Lipinski definition) is 6. The van der Waals surface area contributed by atoms with Gasteiger partial charge in [-0.2, -0.15) is 0 Å². The molecule has 0 aromatic rings. The SMILES string of the molecule is CCC(=O)OC(CO)C(NC(=O)C[S])OC(=O)CC. The lowest BCUT2D eigenvalue weighted by molar-refractivity contribution is -0.174. The van der Waals surface area contributed by atoms with E-state index in [9.17, 15) is 14.4 Å². The number of hydrogen-bond donors (Lipinski definition) is 2. The Hall–Kier alpha value is -1.28. The van der Waals surface area contributed by atoms with Gasteiger partial charge in [-0.3, -0.25) is 14.4 Å². The van der Waals surface area contributed by atoms with E-state index < -0.39 is 36.8 Å². The Morgan fingerprint density at radius 3 is 2.11 bits per heavy atom. The Kier molecular flexibility index (Phi) is 8.98. The van der Waals surface area contributed by atoms with Crippen LogP contribution < -0.4 is 5.32 Å². The summed E-state index contributed by atoms with van der Waals surface area (Å²) >= 11 is 4.55. The van der Waals surface area contributed by atoms with Crippen LogP contribution in [0.5, 0.6) is 0 Å². The van der Waals surface area contributed by atoms with E-state index in [0.717, 1.165) is 0 Å². The summed E-state index contributed by atoms with van der Waals surface area (Å²) in [5.74, 6) is -1.97. The van der Waals surface area contributed by atoms with Gasteiger partial charge in [0.15, 0.2) is 6.10 Å². The molecular formula is C11H18NO6S. The van der Waals surface area contributed by atoms with Crippen LogP contribution in [0.25, 0.3) is 0 Å². The van der Waals surface area contributed by atoms with E-state index in [0.29, 0.717) is 0 Å². The van der Waals surface area contributed by atoms with Gasteiger partial charge in [0.25, 0.3) is 0 Å². The van der Waals surface area contributed by atoms with Gasteiger partial charge in [-0.25, -0.2) is 0 Å². The maximum absolute atomic E-state index is 11.2. The highest BCUT2D eigenvalue weighted by molar-refractivity contribution is 7.81. The Balaban J connectivity index is 4.78. The molecule has 2 N–H and O–H groups in total. The van der Waals surface area contributed by atoms with Crippen LogP contribution in [0.1, 0.15) is 26.7 Å². The average molecular weight is 292 g/mol. The number of nitrogens with one attached hydrogen (secondary N) is 1. The van der Waals surface area contributed by atoms with Crippen molar-refractivity contribution in [2.24, 2.45) is 0 Å². The topological polar surface area (TPSA) is 102 Å². The summed E-state index contributed by atoms with van der Waals surface area (Å²) in [6.45, 7) is 2.55. The minimum Gasteiger partial charge on any atom is -0.454 e. The summed E-state index contributed by atoms with van der Waals surface area (Å²) in [7, 11) is 0. The summed E-state index contributed by atoms with van der Waals surface area (Å²) in [6.07, 6.45) is -2.23. The molecule has 109 valence electrons. The highest BCUT2D eigenvalue weighted by Crippen LogP contribution is 2.05. The van der Waals surface area contributed by atoms with E-state index in [4.69, 9.17) is 14.6 Å². The van der Waals surface area contributed by atoms with Crippen LogP contribution in [0.2, 0.25) is 0 Å². The fourth-order valence-electron chi connectivity index (χ4n) is 1.07. The number of carbonyl (C=O) groups excluding carboxylic acids is 3. The molecule has 0 heterocycles. The van der Waals surface area contributed by atoms with Crippen molar-refractivity contribution in [2.75, 3.05) is 12.4 Å². The Bertz CT molecular complexity index is 304. The second-order valence-electron chi connectivity index (χ2n) is 3.54. The summed E-state index contributed by atoms with van der Waals surface area (Å²) < 4.78 is 9.80. The third kappa shape index (κ3) is 7.02. The van der Waals surface area contributed by atoms with Gasteiger partial charge < -0.3 is 19.9 Å². The molecule has 0 spiro atoms. The predicted molar refractivity (Wildman–Crippen MR) is 68.0 cm³/mol. The van der Waals surface area contributed by atoms with Crippen LogP contribution in [0.3, 0.4) is 0 Å². The molecule has 0 aliphatic carbocycles. The van der Waals surface area contributed by atoms with Crippen molar-refractivity contribution in [3.05, 3.63) is 0 Å². The fourth-order valence-corrected chi connectivity index (χ4v) is 1.15. The molecule has 2 atom stereocenters. The Morgan fingerprint density at radius 2 is 1.68 bits per heavy atom. The van der Waals surface area contributed by atoms with Gasteiger partial charge in [-0.15, -0.1) is 0 Å². The number of aliphatic hydroxyl groups is 1. The van der Waals surface area contributed by atoms with Gasteiger partial charge >= 0.3 is 11.9 Å². The quantitative estimate of drug-likeness (QED) is 0.478. The van der Waals surface area contributed by atoms with Gasteiger partial charge in [-0.1, -0.05) is 26.5 Å². The maximum Gasteiger partial charge on any atom is 0.307 e. The summed E-state index contributed by atoms with van der Waals surface area (Å²) in [5.41, 5.74) is 0. The van der Waals surface area contributed by atoms with Gasteiger partial charge in [0.1, 0.15) is 0 Å². The van der Waals surface area contributed by atoms with Crippen LogP contribution in [-0.2, 0) is 23.9 Å². The smallest absolute Gasteiger partial charge is 0.307 e. The molecule has 0 fully saturated rings. The van der Waals surface area contributed by atoms with E-state index in [1.165, 1.54) is 0 Å². The molecule has 0 aromatic carbocycles. The van der Waals surface area contributed by atoms with Crippen LogP contribution in [0, 0.1) is 0 Å². The van der Waals surface area contributed by atoms with E-state index in [-0.39, 0.29) is 18.6 Å². The van der Waals surface area contributed by atoms with Gasteiger partial charge in [0.05, 0.1) is 12.4 Å². The van der Waals surface area contributed by atoms with Gasteiger partial charge in [0, 0.05) is 12.8 Å². The summed E-state index contributed by atoms with van der Waals surface area (Å²) in [4.78, 5) is 33.7. The zero-order valence-corrected chi connectivity index (χ0v) is 11.7. The van der Waals surface area contributed by atoms with Crippen molar-refractivity contribution in [1.82, 2.24) is 5.32 Å². The number of aliphatic hydroxyl groups excluding tert-OH is 1. The molecule has 2 unspecified atom stereocenters. The lowest BCUT2D eigenvalue weighted by Gasteiger charge is -2.25. The lowest BCUT2D eigenvalue weighted by atomic mass is 10.3. The Morgan fingerprint density at radius 1 is 1.16 bits per heavy atom. The number of carbonyl (C=O) groups is 3. The molecule has 0 bridgehead atoms. The van der Waals surface area contributed by atoms with Crippen LogP contribution in [0.4, 0.5) is 0 Å². The van der Waals surface area contributed by atoms with Crippen molar-refractivity contribution in [3.8, 4) is 0 Å². The zero-order chi connectivity index (χ0) is 14.8. The molecule has 0 aliphatic heterocycles. The number of rotatable bonds is 8. The first-order valence-corrected chi connectivity index (χ1v) is 6.43. The monoisotopic (exact) mass is 292 g/mol. The Labute approximate surface area is 117 Å². The van der Waals surface area contributed by atoms with Crippen LogP contribution >= 0.6 is 12.6 Å². The van der Waals surface area contributed by atoms with E-state index >= 15 is 0 Å². The first kappa shape index (κ1) is 17.7. The molecule has 7 nitrogen and oxygen atoms in total. The average Bonchev–Trinajstić information content (AvgIpc) is 2.43. The van der Waals surface area contributed by atoms with Gasteiger partial charge in [-0.05, 0) is 0 Å². The predicted octanol–water partition coefficient (Wildman–Crippen LogP) is -0.107. The first-order valence-electron chi connectivity index (χ1n) is 5.85. The van der Waals surface area contributed by atoms with Crippen molar-refractivity contribution < 1.29 is 29.0 Å². The van der Waals surface area contributed by atoms with Crippen molar-refractivity contribution in [3.63, 3.8) is 0 Å². The number of ether oxygens (including phenoxy) is 2. The summed E-state index contributed by atoms with van der Waals surface area (Å²) in [5, 5.41) is 11.5. The zero-order valence-electron chi connectivity index (χ0n) is 10.9. The molecule has 0 aliphatic rings. The van der Waals surface area contributed by atoms with Crippen molar-refractivity contribution in [2.45, 2.75) is 39.0 Å². The molecule has 0 saturated carbocycles. The third-order valence-electron chi connectivity index (χ3n) is 2.07. The molecular weight excluding hydrogens is 274 g/mol. The highest BCUT2D eigenvalue weighted by Gasteiger charge is 2.28. The van der Waals surface area contributed by atoms with Crippen molar-refractivity contribution >= 4 is 30.5 Å². The van der Waals surface area contributed by atoms with Crippen LogP contribution in [-0.4, -0.2) is 47.6 Å². The van der Waals surface area contributed by atoms with E-state index in [1.54, 1.807) is 13.8 Å². The van der Waals surface area contributed by atoms with Crippen molar-refractivity contribution in [1.29, 1.82) is 0 Å². The molecule has 1 radical (unpaired) electrons. The molecule has 19 heavy (non-hydrogen) atoms. The second-order valence-corrected chi connectivity index (χ2v) is 3.83. The lowest BCUT2D eigenvalue weighted by Crippen LogP contribution is -2.50. The number of amides is 1. The van der Waals surface area contributed by atoms with E-state index in [1.807, 2.05) is 0 Å². The maximum atomic E-state index is 11.2. The second kappa shape index (κ2) is 9.62. The molecule has 8 heteroatoms. The van der Waals surface area contributed by atoms with E-state index in [2.05, 4.69) is 17.9 Å². The highest BCUT2D eigenvalue weighted by atomic mass is 32.1. The van der Waals surface area contributed by atoms with Gasteiger partial charge in [0.2, 0.25) is 12.1 Å². The normalized spacial score (nSPS) is 13.3. The minimum atomic E-state index is -1.25. The first-order chi connectivity index (χ1) is 8.98. The molecule has 0 aromatic heterocycles. The molecule has 0 rings (SSSR count). The minimum absolute atomic E-state index is 0.0835. The molecule has 1 amide bonds. The largest absolute Gasteiger partial charge is 0.454 e. The number of esters is 2. The fraction of sp³-hybridized carbons (Fsp3) is 0.727. The summed E-state index contributed by atoms with van der Waals surface area (Å²) in [6, 6.07) is 0. The standard InChI is InChI=1S/C11H18NO6S/c1-3-9(15)17-7(5-13)11(12-8(14)6-19)18-10(16)4-2/h7,11,13H,3-6H2,1-2H3,(H,12,14). The molecule has 0 saturated heterocycles. The third-order valence-corrected chi connectivity index (χ3v) is 2.33.